The smallest absolute Gasteiger partial charge is 0.255 e. The van der Waals surface area contributed by atoms with Crippen LogP contribution in [0, 0.1) is 12.7 Å². The number of carbonyl (C=O) groups excluding carboxylic acids is 2. The molecule has 0 spiro atoms. The molecule has 4 rings (SSSR count). The predicted molar refractivity (Wildman–Crippen MR) is 125 cm³/mol. The van der Waals surface area contributed by atoms with Crippen LogP contribution in [0.2, 0.25) is 5.02 Å². The number of anilines is 1. The van der Waals surface area contributed by atoms with E-state index in [1.807, 2.05) is 4.90 Å². The quantitative estimate of drug-likeness (QED) is 0.682. The molecule has 2 amide bonds. The Morgan fingerprint density at radius 2 is 1.79 bits per heavy atom. The van der Waals surface area contributed by atoms with Crippen LogP contribution < -0.4 is 10.5 Å². The Morgan fingerprint density at radius 1 is 1.12 bits per heavy atom. The second-order valence-corrected chi connectivity index (χ2v) is 8.76. The van der Waals surface area contributed by atoms with Crippen LogP contribution in [0.5, 0.6) is 0 Å². The van der Waals surface area contributed by atoms with Gasteiger partial charge in [0.05, 0.1) is 23.8 Å². The number of benzene rings is 1. The number of H-pyrrole nitrogens is 1. The molecule has 34 heavy (non-hydrogen) atoms. The van der Waals surface area contributed by atoms with E-state index in [2.05, 4.69) is 9.97 Å². The van der Waals surface area contributed by atoms with Gasteiger partial charge in [-0.15, -0.1) is 0 Å². The third-order valence-electron chi connectivity index (χ3n) is 6.19. The molecule has 0 bridgehead atoms. The summed E-state index contributed by atoms with van der Waals surface area (Å²) in [6.07, 6.45) is 0.473. The molecule has 2 fully saturated rings. The third kappa shape index (κ3) is 5.39. The largest absolute Gasteiger partial charge is 0.378 e. The minimum absolute atomic E-state index is 0.0670. The standard InChI is InChI=1S/C23H27ClFN5O4/c1-15-17(21(32)27-23(26-15)30-10-12-34-13-11-30)4-5-20(31)28-6-8-29(9-7-28)22(33)18-3-2-16(25)14-19(18)24/h2-3,14H,4-13H2,1H3,(H,26,27,32). The normalized spacial score (nSPS) is 16.6. The summed E-state index contributed by atoms with van der Waals surface area (Å²) in [6.45, 7) is 5.78. The van der Waals surface area contributed by atoms with E-state index >= 15 is 0 Å². The fourth-order valence-corrected chi connectivity index (χ4v) is 4.45. The Labute approximate surface area is 201 Å². The number of hydrogen-bond acceptors (Lipinski definition) is 6. The molecular formula is C23H27ClFN5O4. The van der Waals surface area contributed by atoms with Gasteiger partial charge in [0, 0.05) is 56.9 Å². The summed E-state index contributed by atoms with van der Waals surface area (Å²) in [5, 5.41) is 0.0670. The molecule has 0 atom stereocenters. The lowest BCUT2D eigenvalue weighted by molar-refractivity contribution is -0.132. The van der Waals surface area contributed by atoms with Crippen LogP contribution in [0.3, 0.4) is 0 Å². The number of aromatic nitrogens is 2. The summed E-state index contributed by atoms with van der Waals surface area (Å²) in [5.41, 5.74) is 1.13. The van der Waals surface area contributed by atoms with Gasteiger partial charge in [0.2, 0.25) is 11.9 Å². The number of piperazine rings is 1. The van der Waals surface area contributed by atoms with E-state index in [-0.39, 0.29) is 34.4 Å². The van der Waals surface area contributed by atoms with Crippen LogP contribution in [0.15, 0.2) is 23.0 Å². The van der Waals surface area contributed by atoms with Crippen molar-refractivity contribution >= 4 is 29.4 Å². The third-order valence-corrected chi connectivity index (χ3v) is 6.50. The lowest BCUT2D eigenvalue weighted by Crippen LogP contribution is -2.50. The van der Waals surface area contributed by atoms with Gasteiger partial charge >= 0.3 is 0 Å². The van der Waals surface area contributed by atoms with Crippen molar-refractivity contribution in [2.45, 2.75) is 19.8 Å². The van der Waals surface area contributed by atoms with E-state index in [9.17, 15) is 18.8 Å². The second kappa shape index (κ2) is 10.5. The molecule has 2 aliphatic rings. The van der Waals surface area contributed by atoms with Gasteiger partial charge in [0.15, 0.2) is 0 Å². The molecule has 11 heteroatoms. The van der Waals surface area contributed by atoms with Crippen LogP contribution in [-0.2, 0) is 16.0 Å². The zero-order valence-corrected chi connectivity index (χ0v) is 19.7. The number of morpholine rings is 1. The number of aryl methyl sites for hydroxylation is 1. The average molecular weight is 492 g/mol. The Balaban J connectivity index is 1.31. The number of nitrogens with one attached hydrogen (secondary N) is 1. The number of carbonyl (C=O) groups is 2. The number of ether oxygens (including phenoxy) is 1. The minimum atomic E-state index is -0.503. The second-order valence-electron chi connectivity index (χ2n) is 8.35. The van der Waals surface area contributed by atoms with E-state index in [1.54, 1.807) is 16.7 Å². The first-order valence-corrected chi connectivity index (χ1v) is 11.7. The lowest BCUT2D eigenvalue weighted by atomic mass is 10.1. The van der Waals surface area contributed by atoms with Crippen LogP contribution in [0.25, 0.3) is 0 Å². The van der Waals surface area contributed by atoms with Crippen molar-refractivity contribution in [3.05, 3.63) is 56.2 Å². The van der Waals surface area contributed by atoms with Crippen molar-refractivity contribution in [3.8, 4) is 0 Å². The van der Waals surface area contributed by atoms with Crippen molar-refractivity contribution in [2.24, 2.45) is 0 Å². The topological polar surface area (TPSA) is 98.8 Å². The zero-order chi connectivity index (χ0) is 24.2. The van der Waals surface area contributed by atoms with Gasteiger partial charge in [-0.25, -0.2) is 9.37 Å². The van der Waals surface area contributed by atoms with Crippen molar-refractivity contribution in [1.82, 2.24) is 19.8 Å². The molecule has 0 aliphatic carbocycles. The molecular weight excluding hydrogens is 465 g/mol. The number of hydrogen-bond donors (Lipinski definition) is 1. The zero-order valence-electron chi connectivity index (χ0n) is 19.0. The van der Waals surface area contributed by atoms with Crippen LogP contribution in [0.1, 0.15) is 28.0 Å². The Bertz CT molecular complexity index is 1130. The summed E-state index contributed by atoms with van der Waals surface area (Å²) in [4.78, 5) is 50.7. The van der Waals surface area contributed by atoms with E-state index in [1.165, 1.54) is 12.1 Å². The molecule has 0 radical (unpaired) electrons. The van der Waals surface area contributed by atoms with Crippen LogP contribution >= 0.6 is 11.6 Å². The molecule has 0 saturated carbocycles. The lowest BCUT2D eigenvalue weighted by Gasteiger charge is -2.35. The van der Waals surface area contributed by atoms with Crippen molar-refractivity contribution < 1.29 is 18.7 Å². The SMILES string of the molecule is Cc1nc(N2CCOCC2)[nH]c(=O)c1CCC(=O)N1CCN(C(=O)c2ccc(F)cc2Cl)CC1. The van der Waals surface area contributed by atoms with Crippen LogP contribution in [0.4, 0.5) is 10.3 Å². The van der Waals surface area contributed by atoms with Gasteiger partial charge in [-0.1, -0.05) is 11.6 Å². The first-order chi connectivity index (χ1) is 16.3. The van der Waals surface area contributed by atoms with E-state index < -0.39 is 5.82 Å². The highest BCUT2D eigenvalue weighted by Gasteiger charge is 2.26. The predicted octanol–water partition coefficient (Wildman–Crippen LogP) is 1.62. The molecule has 2 aromatic rings. The number of amides is 2. The van der Waals surface area contributed by atoms with Gasteiger partial charge in [-0.05, 0) is 31.5 Å². The maximum atomic E-state index is 13.3. The fourth-order valence-electron chi connectivity index (χ4n) is 4.20. The van der Waals surface area contributed by atoms with E-state index in [4.69, 9.17) is 16.3 Å². The molecule has 1 aromatic carbocycles. The summed E-state index contributed by atoms with van der Waals surface area (Å²) in [5.74, 6) is -0.339. The maximum absolute atomic E-state index is 13.3. The summed E-state index contributed by atoms with van der Waals surface area (Å²) in [6, 6.07) is 3.68. The summed E-state index contributed by atoms with van der Waals surface area (Å²) >= 11 is 6.01. The van der Waals surface area contributed by atoms with Crippen molar-refractivity contribution in [2.75, 3.05) is 57.4 Å². The first-order valence-electron chi connectivity index (χ1n) is 11.3. The number of nitrogens with zero attached hydrogens (tertiary/aromatic N) is 4. The van der Waals surface area contributed by atoms with Gasteiger partial charge in [-0.3, -0.25) is 19.4 Å². The highest BCUT2D eigenvalue weighted by molar-refractivity contribution is 6.33. The minimum Gasteiger partial charge on any atom is -0.378 e. The number of rotatable bonds is 5. The maximum Gasteiger partial charge on any atom is 0.255 e. The highest BCUT2D eigenvalue weighted by Crippen LogP contribution is 2.20. The molecule has 3 heterocycles. The first kappa shape index (κ1) is 24.2. The van der Waals surface area contributed by atoms with Gasteiger partial charge in [0.25, 0.3) is 11.5 Å². The Kier molecular flexibility index (Phi) is 7.47. The highest BCUT2D eigenvalue weighted by atomic mass is 35.5. The van der Waals surface area contributed by atoms with Gasteiger partial charge in [-0.2, -0.15) is 0 Å². The molecule has 0 unspecified atom stereocenters. The van der Waals surface area contributed by atoms with E-state index in [0.717, 1.165) is 6.07 Å². The molecule has 2 saturated heterocycles. The van der Waals surface area contributed by atoms with E-state index in [0.29, 0.717) is 76.1 Å². The number of halogens is 2. The molecule has 9 nitrogen and oxygen atoms in total. The van der Waals surface area contributed by atoms with Crippen molar-refractivity contribution in [1.29, 1.82) is 0 Å². The van der Waals surface area contributed by atoms with Gasteiger partial charge in [0.1, 0.15) is 5.82 Å². The van der Waals surface area contributed by atoms with Crippen molar-refractivity contribution in [3.63, 3.8) is 0 Å². The molecule has 182 valence electrons. The monoisotopic (exact) mass is 491 g/mol. The van der Waals surface area contributed by atoms with Crippen LogP contribution in [-0.4, -0.2) is 84.1 Å². The average Bonchev–Trinajstić information content (AvgIpc) is 2.83. The Hall–Kier alpha value is -2.98. The molecule has 1 aromatic heterocycles. The fraction of sp³-hybridized carbons (Fsp3) is 0.478. The summed E-state index contributed by atoms with van der Waals surface area (Å²) < 4.78 is 18.6. The number of aromatic amines is 1. The van der Waals surface area contributed by atoms with Gasteiger partial charge < -0.3 is 19.4 Å². The molecule has 2 aliphatic heterocycles. The summed E-state index contributed by atoms with van der Waals surface area (Å²) in [7, 11) is 0. The molecule has 1 N–H and O–H groups in total. The Morgan fingerprint density at radius 3 is 2.44 bits per heavy atom.